The van der Waals surface area contributed by atoms with Crippen molar-refractivity contribution in [1.82, 2.24) is 10.2 Å². The van der Waals surface area contributed by atoms with Crippen LogP contribution in [0.25, 0.3) is 0 Å². The molecule has 1 amide bonds. The van der Waals surface area contributed by atoms with E-state index >= 15 is 0 Å². The first-order chi connectivity index (χ1) is 12.2. The zero-order valence-corrected chi connectivity index (χ0v) is 17.3. The minimum absolute atomic E-state index is 0.000972. The Balaban J connectivity index is 1.64. The number of amides is 1. The summed E-state index contributed by atoms with van der Waals surface area (Å²) in [5.74, 6) is 1.55. The molecule has 0 aromatic heterocycles. The van der Waals surface area contributed by atoms with Crippen molar-refractivity contribution in [2.45, 2.75) is 94.9 Å². The monoisotopic (exact) mass is 380 g/mol. The molecular formula is C20H34BClN2O2. The summed E-state index contributed by atoms with van der Waals surface area (Å²) in [4.78, 5) is 15.6. The average molecular weight is 381 g/mol. The topological polar surface area (TPSA) is 52.6 Å². The van der Waals surface area contributed by atoms with Gasteiger partial charge >= 0.3 is 6.92 Å². The fourth-order valence-corrected chi connectivity index (χ4v) is 7.84. The molecule has 0 radical (unpaired) electrons. The molecule has 4 atom stereocenters. The lowest BCUT2D eigenvalue weighted by molar-refractivity contribution is -0.144. The highest BCUT2D eigenvalue weighted by molar-refractivity contribution is 6.51. The van der Waals surface area contributed by atoms with E-state index in [1.807, 2.05) is 11.7 Å². The number of carbonyl (C=O) groups is 1. The van der Waals surface area contributed by atoms with E-state index < -0.39 is 6.92 Å². The Morgan fingerprint density at radius 1 is 1.27 bits per heavy atom. The molecule has 0 aromatic carbocycles. The van der Waals surface area contributed by atoms with Gasteiger partial charge in [-0.05, 0) is 68.6 Å². The van der Waals surface area contributed by atoms with Crippen molar-refractivity contribution < 1.29 is 9.82 Å². The SMILES string of the molecule is CB(O)C1CCCN1C(=O)C(NC(C)C)C12CC3CC(CC(Cl)(C3)C1)C2. The van der Waals surface area contributed by atoms with Crippen LogP contribution in [0.4, 0.5) is 0 Å². The summed E-state index contributed by atoms with van der Waals surface area (Å²) in [6.07, 6.45) is 8.73. The van der Waals surface area contributed by atoms with Crippen LogP contribution in [-0.4, -0.2) is 52.2 Å². The van der Waals surface area contributed by atoms with Crippen LogP contribution in [0.3, 0.4) is 0 Å². The molecule has 1 saturated heterocycles. The maximum absolute atomic E-state index is 13.7. The Hall–Kier alpha value is -0.255. The van der Waals surface area contributed by atoms with Crippen LogP contribution in [-0.2, 0) is 4.79 Å². The van der Waals surface area contributed by atoms with E-state index in [0.29, 0.717) is 11.8 Å². The van der Waals surface area contributed by atoms with Gasteiger partial charge < -0.3 is 15.2 Å². The molecule has 4 aliphatic carbocycles. The van der Waals surface area contributed by atoms with E-state index in [2.05, 4.69) is 19.2 Å². The fourth-order valence-electron chi connectivity index (χ4n) is 7.13. The zero-order chi connectivity index (χ0) is 18.7. The molecule has 4 bridgehead atoms. The molecule has 4 unspecified atom stereocenters. The Morgan fingerprint density at radius 2 is 1.92 bits per heavy atom. The lowest BCUT2D eigenvalue weighted by Crippen LogP contribution is -2.66. The standard InChI is InChI=1S/C20H34BClN2O2/c1-13(2)23-17(18(25)24-6-4-5-16(24)21(3)26)19-8-14-7-15(9-19)11-20(22,10-14)12-19/h13-17,23,26H,4-12H2,1-3H3. The second kappa shape index (κ2) is 6.67. The first kappa shape index (κ1) is 19.1. The largest absolute Gasteiger partial charge is 0.449 e. The highest BCUT2D eigenvalue weighted by Gasteiger charge is 2.61. The van der Waals surface area contributed by atoms with Crippen molar-refractivity contribution in [2.24, 2.45) is 17.3 Å². The molecule has 1 aliphatic heterocycles. The number of nitrogens with zero attached hydrogens (tertiary/aromatic N) is 1. The van der Waals surface area contributed by atoms with Crippen LogP contribution in [0, 0.1) is 17.3 Å². The summed E-state index contributed by atoms with van der Waals surface area (Å²) in [6, 6.07) is 0.0988. The minimum Gasteiger partial charge on any atom is -0.449 e. The van der Waals surface area contributed by atoms with Gasteiger partial charge in [-0.1, -0.05) is 20.7 Å². The maximum Gasteiger partial charge on any atom is 0.309 e. The van der Waals surface area contributed by atoms with E-state index in [4.69, 9.17) is 11.6 Å². The van der Waals surface area contributed by atoms with Crippen LogP contribution >= 0.6 is 11.6 Å². The molecular weight excluding hydrogens is 346 g/mol. The normalized spacial score (nSPS) is 42.5. The molecule has 5 aliphatic rings. The lowest BCUT2D eigenvalue weighted by atomic mass is 9.47. The third-order valence-corrected chi connectivity index (χ3v) is 7.98. The highest BCUT2D eigenvalue weighted by Crippen LogP contribution is 2.65. The summed E-state index contributed by atoms with van der Waals surface area (Å²) < 4.78 is 0. The molecule has 2 N–H and O–H groups in total. The summed E-state index contributed by atoms with van der Waals surface area (Å²) in [5.41, 5.74) is -0.000972. The van der Waals surface area contributed by atoms with E-state index in [9.17, 15) is 9.82 Å². The van der Waals surface area contributed by atoms with Crippen LogP contribution in [0.5, 0.6) is 0 Å². The number of rotatable bonds is 5. The molecule has 6 heteroatoms. The smallest absolute Gasteiger partial charge is 0.309 e. The zero-order valence-electron chi connectivity index (χ0n) is 16.5. The first-order valence-electron chi connectivity index (χ1n) is 10.6. The van der Waals surface area contributed by atoms with Crippen molar-refractivity contribution in [2.75, 3.05) is 6.54 Å². The van der Waals surface area contributed by atoms with Crippen LogP contribution in [0.1, 0.15) is 65.2 Å². The van der Waals surface area contributed by atoms with E-state index in [1.165, 1.54) is 6.42 Å². The first-order valence-corrected chi connectivity index (χ1v) is 11.0. The number of hydrogen-bond donors (Lipinski definition) is 2. The Labute approximate surface area is 163 Å². The van der Waals surface area contributed by atoms with Gasteiger partial charge in [-0.3, -0.25) is 4.79 Å². The highest BCUT2D eigenvalue weighted by atomic mass is 35.5. The molecule has 5 fully saturated rings. The number of nitrogens with one attached hydrogen (secondary N) is 1. The van der Waals surface area contributed by atoms with Crippen molar-refractivity contribution in [3.8, 4) is 0 Å². The van der Waals surface area contributed by atoms with Gasteiger partial charge in [-0.25, -0.2) is 0 Å². The van der Waals surface area contributed by atoms with Crippen molar-refractivity contribution in [3.63, 3.8) is 0 Å². The number of carbonyl (C=O) groups excluding carboxylic acids is 1. The molecule has 4 nitrogen and oxygen atoms in total. The molecule has 1 heterocycles. The van der Waals surface area contributed by atoms with Gasteiger partial charge in [0.25, 0.3) is 0 Å². The Bertz CT molecular complexity index is 556. The van der Waals surface area contributed by atoms with Crippen LogP contribution in [0.15, 0.2) is 0 Å². The third kappa shape index (κ3) is 3.22. The van der Waals surface area contributed by atoms with Crippen LogP contribution in [0.2, 0.25) is 6.82 Å². The quantitative estimate of drug-likeness (QED) is 0.569. The minimum atomic E-state index is -0.461. The predicted octanol–water partition coefficient (Wildman–Crippen LogP) is 3.07. The van der Waals surface area contributed by atoms with Crippen molar-refractivity contribution >= 4 is 24.4 Å². The summed E-state index contributed by atoms with van der Waals surface area (Å²) in [5, 5.41) is 13.8. The van der Waals surface area contributed by atoms with Gasteiger partial charge in [-0.2, -0.15) is 0 Å². The fraction of sp³-hybridized carbons (Fsp3) is 0.950. The Morgan fingerprint density at radius 3 is 2.46 bits per heavy atom. The van der Waals surface area contributed by atoms with Gasteiger partial charge in [0.05, 0.1) is 6.04 Å². The van der Waals surface area contributed by atoms with E-state index in [1.54, 1.807) is 0 Å². The van der Waals surface area contributed by atoms with Crippen LogP contribution < -0.4 is 5.32 Å². The number of hydrogen-bond acceptors (Lipinski definition) is 3. The van der Waals surface area contributed by atoms with Crippen molar-refractivity contribution in [1.29, 1.82) is 0 Å². The van der Waals surface area contributed by atoms with Gasteiger partial charge in [0.2, 0.25) is 5.91 Å². The number of likely N-dealkylation sites (tertiary alicyclic amines) is 1. The number of alkyl halides is 1. The maximum atomic E-state index is 13.7. The molecule has 0 aromatic rings. The molecule has 146 valence electrons. The Kier molecular flexibility index (Phi) is 4.89. The summed E-state index contributed by atoms with van der Waals surface area (Å²) >= 11 is 7.05. The van der Waals surface area contributed by atoms with Gasteiger partial charge in [-0.15, -0.1) is 11.6 Å². The van der Waals surface area contributed by atoms with Gasteiger partial charge in [0, 0.05) is 23.4 Å². The van der Waals surface area contributed by atoms with Crippen molar-refractivity contribution in [3.05, 3.63) is 0 Å². The van der Waals surface area contributed by atoms with Gasteiger partial charge in [0.1, 0.15) is 0 Å². The second-order valence-electron chi connectivity index (χ2n) is 10.2. The molecule has 5 rings (SSSR count). The third-order valence-electron chi connectivity index (χ3n) is 7.53. The second-order valence-corrected chi connectivity index (χ2v) is 11.0. The van der Waals surface area contributed by atoms with E-state index in [-0.39, 0.29) is 34.2 Å². The predicted molar refractivity (Wildman–Crippen MR) is 106 cm³/mol. The van der Waals surface area contributed by atoms with Gasteiger partial charge in [0.15, 0.2) is 0 Å². The lowest BCUT2D eigenvalue weighted by Gasteiger charge is -2.62. The summed E-state index contributed by atoms with van der Waals surface area (Å²) in [6.45, 7) is 6.40. The molecule has 4 saturated carbocycles. The van der Waals surface area contributed by atoms with E-state index in [0.717, 1.165) is 51.5 Å². The number of halogens is 1. The molecule has 26 heavy (non-hydrogen) atoms. The molecule has 0 spiro atoms. The summed E-state index contributed by atoms with van der Waals surface area (Å²) in [7, 11) is 0. The average Bonchev–Trinajstić information content (AvgIpc) is 2.99.